The second kappa shape index (κ2) is 8.16. The van der Waals surface area contributed by atoms with Gasteiger partial charge in [0.15, 0.2) is 0 Å². The van der Waals surface area contributed by atoms with Crippen LogP contribution in [0.2, 0.25) is 0 Å². The maximum Gasteiger partial charge on any atom is 0.255 e. The lowest BCUT2D eigenvalue weighted by molar-refractivity contribution is -0.113. The average molecular weight is 489 g/mol. The van der Waals surface area contributed by atoms with Gasteiger partial charge in [-0.05, 0) is 48.9 Å². The van der Waals surface area contributed by atoms with Gasteiger partial charge in [-0.15, -0.1) is 0 Å². The molecule has 4 aromatic rings. The number of hydrogen-bond donors (Lipinski definition) is 2. The zero-order valence-corrected chi connectivity index (χ0v) is 19.2. The average Bonchev–Trinajstić information content (AvgIpc) is 3.17. The number of carbonyl (C=O) groups is 1. The number of fused-ring (bicyclic) bond motifs is 3. The molecule has 5 rings (SSSR count). The van der Waals surface area contributed by atoms with Gasteiger partial charge in [-0.25, -0.2) is 4.98 Å². The minimum atomic E-state index is -0.346. The number of anilines is 2. The fourth-order valence-electron chi connectivity index (χ4n) is 4.16. The van der Waals surface area contributed by atoms with Crippen LogP contribution in [0, 0.1) is 0 Å². The molecule has 160 valence electrons. The van der Waals surface area contributed by atoms with Gasteiger partial charge in [0.25, 0.3) is 5.91 Å². The van der Waals surface area contributed by atoms with E-state index < -0.39 is 0 Å². The van der Waals surface area contributed by atoms with E-state index in [0.29, 0.717) is 23.0 Å². The Balaban J connectivity index is 1.66. The highest BCUT2D eigenvalue weighted by molar-refractivity contribution is 9.10. The van der Waals surface area contributed by atoms with Gasteiger partial charge in [0.2, 0.25) is 5.95 Å². The molecule has 2 heterocycles. The highest BCUT2D eigenvalue weighted by Gasteiger charge is 2.34. The van der Waals surface area contributed by atoms with Crippen molar-refractivity contribution < 1.29 is 9.53 Å². The Morgan fingerprint density at radius 1 is 1.06 bits per heavy atom. The number of ether oxygens (including phenoxy) is 1. The van der Waals surface area contributed by atoms with Gasteiger partial charge in [0, 0.05) is 10.2 Å². The third-order valence-electron chi connectivity index (χ3n) is 5.62. The summed E-state index contributed by atoms with van der Waals surface area (Å²) < 4.78 is 8.48. The first-order valence-electron chi connectivity index (χ1n) is 10.2. The quantitative estimate of drug-likeness (QED) is 0.384. The van der Waals surface area contributed by atoms with Crippen molar-refractivity contribution in [1.82, 2.24) is 9.55 Å². The largest absolute Gasteiger partial charge is 0.495 e. The fraction of sp³-hybridized carbons (Fsp3) is 0.120. The van der Waals surface area contributed by atoms with Crippen molar-refractivity contribution in [3.63, 3.8) is 0 Å². The lowest BCUT2D eigenvalue weighted by Crippen LogP contribution is -2.31. The van der Waals surface area contributed by atoms with Gasteiger partial charge in [-0.3, -0.25) is 9.36 Å². The van der Waals surface area contributed by atoms with Gasteiger partial charge in [-0.2, -0.15) is 0 Å². The standard InChI is InChI=1S/C25H21BrN4O2/c1-15-22(24(31)28-19-8-4-6-10-21(19)32-2)23(16-11-13-17(26)14-12-16)30-20-9-5-3-7-18(20)29-25(30)27-15/h3-14,23H,1-2H3,(H,27,29)(H,28,31). The topological polar surface area (TPSA) is 68.2 Å². The first kappa shape index (κ1) is 20.3. The summed E-state index contributed by atoms with van der Waals surface area (Å²) in [4.78, 5) is 18.4. The number of nitrogens with one attached hydrogen (secondary N) is 2. The number of rotatable bonds is 4. The molecule has 0 saturated heterocycles. The Hall–Kier alpha value is -3.58. The molecule has 1 amide bonds. The maximum absolute atomic E-state index is 13.7. The van der Waals surface area contributed by atoms with Gasteiger partial charge in [0.05, 0.1) is 35.4 Å². The minimum absolute atomic E-state index is 0.198. The number of nitrogens with zero attached hydrogens (tertiary/aromatic N) is 2. The van der Waals surface area contributed by atoms with E-state index in [1.165, 1.54) is 0 Å². The molecule has 0 fully saturated rings. The minimum Gasteiger partial charge on any atom is -0.495 e. The number of aromatic nitrogens is 2. The van der Waals surface area contributed by atoms with E-state index >= 15 is 0 Å². The summed E-state index contributed by atoms with van der Waals surface area (Å²) in [5.41, 5.74) is 4.82. The van der Waals surface area contributed by atoms with Gasteiger partial charge in [-0.1, -0.05) is 52.3 Å². The molecule has 1 unspecified atom stereocenters. The molecule has 6 nitrogen and oxygen atoms in total. The third-order valence-corrected chi connectivity index (χ3v) is 6.14. The lowest BCUT2D eigenvalue weighted by atomic mass is 9.94. The maximum atomic E-state index is 13.7. The molecule has 0 bridgehead atoms. The summed E-state index contributed by atoms with van der Waals surface area (Å²) in [5.74, 6) is 1.12. The zero-order valence-electron chi connectivity index (χ0n) is 17.6. The predicted molar refractivity (Wildman–Crippen MR) is 130 cm³/mol. The van der Waals surface area contributed by atoms with Crippen molar-refractivity contribution in [2.75, 3.05) is 17.7 Å². The van der Waals surface area contributed by atoms with Crippen molar-refractivity contribution in [2.24, 2.45) is 0 Å². The number of para-hydroxylation sites is 4. The van der Waals surface area contributed by atoms with Crippen LogP contribution in [0.1, 0.15) is 18.5 Å². The number of amides is 1. The van der Waals surface area contributed by atoms with E-state index in [1.807, 2.05) is 79.7 Å². The molecule has 3 aromatic carbocycles. The van der Waals surface area contributed by atoms with Crippen LogP contribution >= 0.6 is 15.9 Å². The molecule has 1 aliphatic heterocycles. The number of imidazole rings is 1. The summed E-state index contributed by atoms with van der Waals surface area (Å²) >= 11 is 3.51. The highest BCUT2D eigenvalue weighted by atomic mass is 79.9. The third kappa shape index (κ3) is 3.44. The Morgan fingerprint density at radius 2 is 1.78 bits per heavy atom. The molecule has 1 atom stereocenters. The van der Waals surface area contributed by atoms with Gasteiger partial charge in [0.1, 0.15) is 5.75 Å². The molecule has 1 aliphatic rings. The monoisotopic (exact) mass is 488 g/mol. The number of benzene rings is 3. The normalized spacial score (nSPS) is 15.3. The Morgan fingerprint density at radius 3 is 2.56 bits per heavy atom. The summed E-state index contributed by atoms with van der Waals surface area (Å²) in [6.45, 7) is 1.91. The molecule has 2 N–H and O–H groups in total. The molecule has 1 aromatic heterocycles. The Labute approximate surface area is 194 Å². The van der Waals surface area contributed by atoms with Crippen molar-refractivity contribution in [1.29, 1.82) is 0 Å². The van der Waals surface area contributed by atoms with Crippen LogP contribution in [-0.2, 0) is 4.79 Å². The number of methoxy groups -OCH3 is 1. The number of hydrogen-bond acceptors (Lipinski definition) is 4. The van der Waals surface area contributed by atoms with Gasteiger partial charge >= 0.3 is 0 Å². The van der Waals surface area contributed by atoms with Crippen molar-refractivity contribution in [3.05, 3.63) is 94.1 Å². The molecule has 7 heteroatoms. The van der Waals surface area contributed by atoms with Gasteiger partial charge < -0.3 is 15.4 Å². The van der Waals surface area contributed by atoms with Crippen LogP contribution in [0.25, 0.3) is 11.0 Å². The fourth-order valence-corrected chi connectivity index (χ4v) is 4.42. The first-order chi connectivity index (χ1) is 15.6. The summed E-state index contributed by atoms with van der Waals surface area (Å²) in [7, 11) is 1.59. The molecule has 32 heavy (non-hydrogen) atoms. The summed E-state index contributed by atoms with van der Waals surface area (Å²) in [6.07, 6.45) is 0. The molecule has 0 aliphatic carbocycles. The van der Waals surface area contributed by atoms with E-state index in [-0.39, 0.29) is 11.9 Å². The molecule has 0 spiro atoms. The Kier molecular flexibility index (Phi) is 5.19. The van der Waals surface area contributed by atoms with E-state index in [9.17, 15) is 4.79 Å². The van der Waals surface area contributed by atoms with Crippen LogP contribution in [0.4, 0.5) is 11.6 Å². The lowest BCUT2D eigenvalue weighted by Gasteiger charge is -2.31. The first-order valence-corrected chi connectivity index (χ1v) is 11.0. The predicted octanol–water partition coefficient (Wildman–Crippen LogP) is 5.74. The Bertz CT molecular complexity index is 1360. The number of carbonyl (C=O) groups excluding carboxylic acids is 1. The second-order valence-electron chi connectivity index (χ2n) is 7.57. The SMILES string of the molecule is COc1ccccc1NC(=O)C1=C(C)Nc2nc3ccccc3n2C1c1ccc(Br)cc1. The molecular weight excluding hydrogens is 468 g/mol. The highest BCUT2D eigenvalue weighted by Crippen LogP contribution is 2.40. The van der Waals surface area contributed by atoms with Crippen LogP contribution in [0.3, 0.4) is 0 Å². The van der Waals surface area contributed by atoms with Crippen LogP contribution in [0.15, 0.2) is 88.5 Å². The van der Waals surface area contributed by atoms with E-state index in [0.717, 1.165) is 26.8 Å². The second-order valence-corrected chi connectivity index (χ2v) is 8.48. The smallest absolute Gasteiger partial charge is 0.255 e. The van der Waals surface area contributed by atoms with Crippen LogP contribution in [-0.4, -0.2) is 22.6 Å². The van der Waals surface area contributed by atoms with Crippen molar-refractivity contribution in [2.45, 2.75) is 13.0 Å². The van der Waals surface area contributed by atoms with E-state index in [1.54, 1.807) is 7.11 Å². The molecule has 0 saturated carbocycles. The molecular formula is C25H21BrN4O2. The van der Waals surface area contributed by atoms with Crippen LogP contribution < -0.4 is 15.4 Å². The number of halogens is 1. The molecule has 0 radical (unpaired) electrons. The summed E-state index contributed by atoms with van der Waals surface area (Å²) in [6, 6.07) is 23.0. The van der Waals surface area contributed by atoms with Crippen LogP contribution in [0.5, 0.6) is 5.75 Å². The number of allylic oxidation sites excluding steroid dienone is 1. The van der Waals surface area contributed by atoms with Crippen molar-refractivity contribution >= 4 is 44.5 Å². The van der Waals surface area contributed by atoms with Crippen molar-refractivity contribution in [3.8, 4) is 5.75 Å². The zero-order chi connectivity index (χ0) is 22.2. The van der Waals surface area contributed by atoms with E-state index in [4.69, 9.17) is 9.72 Å². The van der Waals surface area contributed by atoms with E-state index in [2.05, 4.69) is 31.1 Å². The summed E-state index contributed by atoms with van der Waals surface area (Å²) in [5, 5.41) is 6.37.